The summed E-state index contributed by atoms with van der Waals surface area (Å²) in [5.74, 6) is -0.718. The summed E-state index contributed by atoms with van der Waals surface area (Å²) in [6.45, 7) is 0.955. The van der Waals surface area contributed by atoms with Crippen LogP contribution in [0.1, 0.15) is 38.5 Å². The molecule has 1 heterocycles. The topological polar surface area (TPSA) is 75.7 Å². The summed E-state index contributed by atoms with van der Waals surface area (Å²) in [5.41, 5.74) is -0.977. The van der Waals surface area contributed by atoms with Gasteiger partial charge in [0.15, 0.2) is 0 Å². The van der Waals surface area contributed by atoms with Crippen molar-refractivity contribution in [1.82, 2.24) is 10.2 Å². The molecular weight excluding hydrogens is 248 g/mol. The maximum atomic E-state index is 12.4. The lowest BCUT2D eigenvalue weighted by molar-refractivity contribution is -0.151. The second-order valence-corrected chi connectivity index (χ2v) is 5.21. The zero-order valence-electron chi connectivity index (χ0n) is 11.2. The lowest BCUT2D eigenvalue weighted by Gasteiger charge is -2.36. The van der Waals surface area contributed by atoms with Gasteiger partial charge >= 0.3 is 6.03 Å². The van der Waals surface area contributed by atoms with E-state index in [2.05, 4.69) is 5.32 Å². The number of barbiturate groups is 1. The maximum absolute atomic E-state index is 12.4. The molecule has 2 rings (SSSR count). The Morgan fingerprint density at radius 3 is 2.53 bits per heavy atom. The van der Waals surface area contributed by atoms with E-state index in [0.717, 1.165) is 19.3 Å². The van der Waals surface area contributed by atoms with Gasteiger partial charge in [-0.2, -0.15) is 0 Å². The molecule has 2 aliphatic rings. The number of nitrogens with one attached hydrogen (secondary N) is 1. The molecule has 1 aliphatic heterocycles. The largest absolute Gasteiger partial charge is 0.385 e. The molecular formula is C13H20N2O4. The predicted octanol–water partition coefficient (Wildman–Crippen LogP) is 1.05. The third-order valence-corrected chi connectivity index (χ3v) is 3.99. The number of hydrogen-bond acceptors (Lipinski definition) is 4. The van der Waals surface area contributed by atoms with Gasteiger partial charge < -0.3 is 4.74 Å². The van der Waals surface area contributed by atoms with Crippen LogP contribution in [0.4, 0.5) is 4.79 Å². The van der Waals surface area contributed by atoms with Crippen LogP contribution in [0, 0.1) is 5.41 Å². The van der Waals surface area contributed by atoms with E-state index in [9.17, 15) is 14.4 Å². The van der Waals surface area contributed by atoms with E-state index in [-0.39, 0.29) is 5.91 Å². The summed E-state index contributed by atoms with van der Waals surface area (Å²) in [6, 6.07) is -0.579. The third kappa shape index (κ3) is 2.49. The van der Waals surface area contributed by atoms with E-state index >= 15 is 0 Å². The number of unbranched alkanes of at least 4 members (excludes halogenated alkanes) is 1. The molecule has 2 fully saturated rings. The van der Waals surface area contributed by atoms with E-state index in [1.807, 2.05) is 0 Å². The summed E-state index contributed by atoms with van der Waals surface area (Å²) in [4.78, 5) is 37.4. The number of amides is 4. The van der Waals surface area contributed by atoms with Crippen LogP contribution in [0.5, 0.6) is 0 Å². The van der Waals surface area contributed by atoms with Gasteiger partial charge in [-0.25, -0.2) is 4.79 Å². The minimum Gasteiger partial charge on any atom is -0.385 e. The van der Waals surface area contributed by atoms with Crippen molar-refractivity contribution in [2.75, 3.05) is 20.3 Å². The van der Waals surface area contributed by atoms with E-state index in [4.69, 9.17) is 4.74 Å². The summed E-state index contributed by atoms with van der Waals surface area (Å²) >= 11 is 0. The molecule has 6 heteroatoms. The number of hydrogen-bond donors (Lipinski definition) is 1. The number of imide groups is 2. The molecule has 6 nitrogen and oxygen atoms in total. The Balaban J connectivity index is 2.04. The van der Waals surface area contributed by atoms with Crippen molar-refractivity contribution in [1.29, 1.82) is 0 Å². The Labute approximate surface area is 112 Å². The van der Waals surface area contributed by atoms with Crippen molar-refractivity contribution in [3.63, 3.8) is 0 Å². The third-order valence-electron chi connectivity index (χ3n) is 3.99. The highest BCUT2D eigenvalue weighted by Crippen LogP contribution is 2.41. The number of ether oxygens (including phenoxy) is 1. The lowest BCUT2D eigenvalue weighted by atomic mass is 9.82. The predicted molar refractivity (Wildman–Crippen MR) is 67.3 cm³/mol. The highest BCUT2D eigenvalue weighted by molar-refractivity contribution is 6.19. The van der Waals surface area contributed by atoms with Crippen molar-refractivity contribution < 1.29 is 19.1 Å². The molecule has 0 aromatic carbocycles. The molecule has 106 valence electrons. The van der Waals surface area contributed by atoms with Crippen LogP contribution < -0.4 is 5.32 Å². The molecule has 0 aromatic heterocycles. The Morgan fingerprint density at radius 2 is 1.89 bits per heavy atom. The molecule has 1 spiro atoms. The van der Waals surface area contributed by atoms with E-state index in [0.29, 0.717) is 32.4 Å². The van der Waals surface area contributed by atoms with E-state index < -0.39 is 17.4 Å². The fourth-order valence-corrected chi connectivity index (χ4v) is 2.87. The van der Waals surface area contributed by atoms with Gasteiger partial charge in [0, 0.05) is 20.3 Å². The molecule has 1 aliphatic carbocycles. The Hall–Kier alpha value is -1.43. The van der Waals surface area contributed by atoms with Gasteiger partial charge in [0.1, 0.15) is 5.41 Å². The summed E-state index contributed by atoms with van der Waals surface area (Å²) < 4.78 is 4.94. The number of methoxy groups -OCH3 is 1. The molecule has 0 atom stereocenters. The summed E-state index contributed by atoms with van der Waals surface area (Å²) in [6.07, 6.45) is 4.32. The molecule has 0 radical (unpaired) electrons. The number of rotatable bonds is 5. The lowest BCUT2D eigenvalue weighted by Crippen LogP contribution is -2.63. The smallest absolute Gasteiger partial charge is 0.330 e. The molecule has 0 unspecified atom stereocenters. The monoisotopic (exact) mass is 268 g/mol. The number of nitrogens with zero attached hydrogens (tertiary/aromatic N) is 1. The van der Waals surface area contributed by atoms with Crippen molar-refractivity contribution >= 4 is 17.8 Å². The van der Waals surface area contributed by atoms with Crippen molar-refractivity contribution in [2.24, 2.45) is 5.41 Å². The van der Waals surface area contributed by atoms with Crippen LogP contribution >= 0.6 is 0 Å². The molecule has 1 N–H and O–H groups in total. The molecule has 1 saturated carbocycles. The van der Waals surface area contributed by atoms with Crippen LogP contribution in [0.15, 0.2) is 0 Å². The van der Waals surface area contributed by atoms with Gasteiger partial charge in [-0.15, -0.1) is 0 Å². The van der Waals surface area contributed by atoms with Crippen molar-refractivity contribution in [3.05, 3.63) is 0 Å². The minimum atomic E-state index is -0.977. The number of carbonyl (C=O) groups is 3. The van der Waals surface area contributed by atoms with Crippen LogP contribution in [-0.2, 0) is 14.3 Å². The second kappa shape index (κ2) is 5.69. The van der Waals surface area contributed by atoms with Crippen LogP contribution in [0.3, 0.4) is 0 Å². The van der Waals surface area contributed by atoms with Gasteiger partial charge in [0.05, 0.1) is 0 Å². The minimum absolute atomic E-state index is 0.309. The first-order valence-electron chi connectivity index (χ1n) is 6.78. The molecule has 0 bridgehead atoms. The van der Waals surface area contributed by atoms with Crippen LogP contribution in [-0.4, -0.2) is 43.0 Å². The SMILES string of the molecule is COCCCCN1C(=O)NC(=O)C2(CCCC2)C1=O. The average molecular weight is 268 g/mol. The second-order valence-electron chi connectivity index (χ2n) is 5.21. The van der Waals surface area contributed by atoms with Gasteiger partial charge in [-0.1, -0.05) is 12.8 Å². The maximum Gasteiger partial charge on any atom is 0.330 e. The van der Waals surface area contributed by atoms with Crippen molar-refractivity contribution in [3.8, 4) is 0 Å². The zero-order valence-corrected chi connectivity index (χ0v) is 11.2. The first-order valence-corrected chi connectivity index (χ1v) is 6.78. The summed E-state index contributed by atoms with van der Waals surface area (Å²) in [7, 11) is 1.62. The highest BCUT2D eigenvalue weighted by atomic mass is 16.5. The zero-order chi connectivity index (χ0) is 13.9. The standard InChI is InChI=1S/C13H20N2O4/c1-19-9-5-4-8-15-11(17)13(6-2-3-7-13)10(16)14-12(15)18/h2-9H2,1H3,(H,14,16,18). The fraction of sp³-hybridized carbons (Fsp3) is 0.769. The summed E-state index contributed by atoms with van der Waals surface area (Å²) in [5, 5.41) is 2.33. The Bertz CT molecular complexity index is 388. The van der Waals surface area contributed by atoms with Crippen LogP contribution in [0.2, 0.25) is 0 Å². The Kier molecular flexibility index (Phi) is 4.19. The van der Waals surface area contributed by atoms with Crippen molar-refractivity contribution in [2.45, 2.75) is 38.5 Å². The molecule has 1 saturated heterocycles. The Morgan fingerprint density at radius 1 is 1.21 bits per heavy atom. The molecule has 0 aromatic rings. The quantitative estimate of drug-likeness (QED) is 0.597. The van der Waals surface area contributed by atoms with Crippen LogP contribution in [0.25, 0.3) is 0 Å². The molecule has 4 amide bonds. The van der Waals surface area contributed by atoms with E-state index in [1.54, 1.807) is 7.11 Å². The first-order chi connectivity index (χ1) is 9.12. The van der Waals surface area contributed by atoms with E-state index in [1.165, 1.54) is 4.90 Å². The van der Waals surface area contributed by atoms with Gasteiger partial charge in [-0.05, 0) is 25.7 Å². The average Bonchev–Trinajstić information content (AvgIpc) is 2.87. The number of carbonyl (C=O) groups excluding carboxylic acids is 3. The first kappa shape index (κ1) is 14.0. The van der Waals surface area contributed by atoms with Gasteiger partial charge in [0.2, 0.25) is 11.8 Å². The normalized spacial score (nSPS) is 22.2. The van der Waals surface area contributed by atoms with Gasteiger partial charge in [-0.3, -0.25) is 19.8 Å². The van der Waals surface area contributed by atoms with Gasteiger partial charge in [0.25, 0.3) is 0 Å². The molecule has 19 heavy (non-hydrogen) atoms. The fourth-order valence-electron chi connectivity index (χ4n) is 2.87. The highest BCUT2D eigenvalue weighted by Gasteiger charge is 2.54. The number of urea groups is 1.